The number of nitrogens with two attached hydrogens (primary N) is 2. The molecule has 0 aliphatic carbocycles. The third-order valence-electron chi connectivity index (χ3n) is 3.38. The second-order valence-corrected chi connectivity index (χ2v) is 4.99. The first-order valence-corrected chi connectivity index (χ1v) is 6.81. The summed E-state index contributed by atoms with van der Waals surface area (Å²) >= 11 is 0. The molecular formula is C16H20N4O. The second-order valence-electron chi connectivity index (χ2n) is 4.99. The van der Waals surface area contributed by atoms with Crippen LogP contribution in [0, 0.1) is 13.8 Å². The molecule has 5 heteroatoms. The Labute approximate surface area is 124 Å². The second kappa shape index (κ2) is 6.37. The molecule has 0 aliphatic heterocycles. The van der Waals surface area contributed by atoms with Gasteiger partial charge in [0.1, 0.15) is 5.82 Å². The summed E-state index contributed by atoms with van der Waals surface area (Å²) in [5, 5.41) is 3.20. The fraction of sp³-hybridized carbons (Fsp3) is 0.250. The van der Waals surface area contributed by atoms with E-state index in [1.165, 1.54) is 0 Å². The van der Waals surface area contributed by atoms with Gasteiger partial charge in [0.05, 0.1) is 5.56 Å². The van der Waals surface area contributed by atoms with Gasteiger partial charge in [0.25, 0.3) is 5.91 Å². The average molecular weight is 284 g/mol. The van der Waals surface area contributed by atoms with Gasteiger partial charge in [-0.3, -0.25) is 4.79 Å². The van der Waals surface area contributed by atoms with E-state index in [1.54, 1.807) is 0 Å². The van der Waals surface area contributed by atoms with Gasteiger partial charge in [0.2, 0.25) is 0 Å². The molecule has 0 aliphatic rings. The largest absolute Gasteiger partial charge is 0.365 e. The number of nitrogens with one attached hydrogen (secondary N) is 1. The molecule has 0 fully saturated rings. The van der Waals surface area contributed by atoms with Gasteiger partial charge in [0.15, 0.2) is 0 Å². The molecule has 1 heterocycles. The number of pyridine rings is 1. The van der Waals surface area contributed by atoms with E-state index in [1.807, 2.05) is 44.2 Å². The lowest BCUT2D eigenvalue weighted by Gasteiger charge is -2.14. The maximum Gasteiger partial charge on any atom is 0.252 e. The Morgan fingerprint density at radius 2 is 1.90 bits per heavy atom. The summed E-state index contributed by atoms with van der Waals surface area (Å²) in [6.07, 6.45) is 0. The predicted molar refractivity (Wildman–Crippen MR) is 83.9 cm³/mol. The number of rotatable bonds is 5. The molecular weight excluding hydrogens is 264 g/mol. The molecule has 21 heavy (non-hydrogen) atoms. The standard InChI is InChI=1S/C16H20N4O/c1-10-7-11(2)20-16(14(10)15(18)21)19-9-13-6-4-3-5-12(13)8-17/h3-7H,8-9,17H2,1-2H3,(H2,18,21)(H,19,20). The van der Waals surface area contributed by atoms with Crippen molar-refractivity contribution in [3.63, 3.8) is 0 Å². The van der Waals surface area contributed by atoms with Crippen molar-refractivity contribution in [3.05, 3.63) is 58.3 Å². The zero-order valence-electron chi connectivity index (χ0n) is 12.3. The predicted octanol–water partition coefficient (Wildman–Crippen LogP) is 1.87. The minimum Gasteiger partial charge on any atom is -0.365 e. The van der Waals surface area contributed by atoms with Crippen LogP contribution in [0.25, 0.3) is 0 Å². The Balaban J connectivity index is 2.30. The minimum atomic E-state index is -0.477. The first-order chi connectivity index (χ1) is 10.0. The van der Waals surface area contributed by atoms with Gasteiger partial charge in [-0.25, -0.2) is 4.98 Å². The first-order valence-electron chi connectivity index (χ1n) is 6.81. The van der Waals surface area contributed by atoms with Crippen LogP contribution in [-0.2, 0) is 13.1 Å². The van der Waals surface area contributed by atoms with Crippen LogP contribution in [0.1, 0.15) is 32.7 Å². The van der Waals surface area contributed by atoms with E-state index in [9.17, 15) is 4.79 Å². The zero-order valence-corrected chi connectivity index (χ0v) is 12.3. The van der Waals surface area contributed by atoms with Crippen molar-refractivity contribution in [2.75, 3.05) is 5.32 Å². The summed E-state index contributed by atoms with van der Waals surface area (Å²) in [7, 11) is 0. The van der Waals surface area contributed by atoms with Crippen molar-refractivity contribution in [2.45, 2.75) is 26.9 Å². The number of hydrogen-bond acceptors (Lipinski definition) is 4. The van der Waals surface area contributed by atoms with Crippen LogP contribution < -0.4 is 16.8 Å². The monoisotopic (exact) mass is 284 g/mol. The van der Waals surface area contributed by atoms with Crippen LogP contribution in [-0.4, -0.2) is 10.9 Å². The van der Waals surface area contributed by atoms with Crippen LogP contribution in [0.3, 0.4) is 0 Å². The summed E-state index contributed by atoms with van der Waals surface area (Å²) in [6.45, 7) is 4.76. The molecule has 0 bridgehead atoms. The highest BCUT2D eigenvalue weighted by Gasteiger charge is 2.14. The van der Waals surface area contributed by atoms with E-state index in [4.69, 9.17) is 11.5 Å². The lowest BCUT2D eigenvalue weighted by Crippen LogP contribution is -2.18. The van der Waals surface area contributed by atoms with E-state index in [-0.39, 0.29) is 0 Å². The normalized spacial score (nSPS) is 10.4. The molecule has 1 amide bonds. The molecule has 0 atom stereocenters. The molecule has 0 saturated carbocycles. The molecule has 0 saturated heterocycles. The van der Waals surface area contributed by atoms with E-state index in [0.717, 1.165) is 22.4 Å². The maximum absolute atomic E-state index is 11.6. The van der Waals surface area contributed by atoms with Crippen LogP contribution in [0.15, 0.2) is 30.3 Å². The van der Waals surface area contributed by atoms with Crippen LogP contribution >= 0.6 is 0 Å². The van der Waals surface area contributed by atoms with Crippen molar-refractivity contribution in [3.8, 4) is 0 Å². The summed E-state index contributed by atoms with van der Waals surface area (Å²) in [5.74, 6) is 0.0430. The number of benzene rings is 1. The van der Waals surface area contributed by atoms with Gasteiger partial charge in [0, 0.05) is 18.8 Å². The summed E-state index contributed by atoms with van der Waals surface area (Å²) < 4.78 is 0. The Morgan fingerprint density at radius 3 is 2.52 bits per heavy atom. The van der Waals surface area contributed by atoms with E-state index < -0.39 is 5.91 Å². The Kier molecular flexibility index (Phi) is 4.55. The molecule has 0 radical (unpaired) electrons. The number of aromatic nitrogens is 1. The average Bonchev–Trinajstić information content (AvgIpc) is 2.44. The molecule has 2 aromatic rings. The van der Waals surface area contributed by atoms with E-state index in [2.05, 4.69) is 10.3 Å². The molecule has 110 valence electrons. The third kappa shape index (κ3) is 3.38. The quantitative estimate of drug-likeness (QED) is 0.781. The molecule has 0 unspecified atom stereocenters. The van der Waals surface area contributed by atoms with Crippen LogP contribution in [0.2, 0.25) is 0 Å². The highest BCUT2D eigenvalue weighted by Crippen LogP contribution is 2.19. The Bertz CT molecular complexity index is 667. The van der Waals surface area contributed by atoms with Gasteiger partial charge in [-0.1, -0.05) is 24.3 Å². The molecule has 1 aromatic carbocycles. The van der Waals surface area contributed by atoms with Gasteiger partial charge in [-0.2, -0.15) is 0 Å². The van der Waals surface area contributed by atoms with Crippen molar-refractivity contribution >= 4 is 11.7 Å². The Morgan fingerprint density at radius 1 is 1.24 bits per heavy atom. The minimum absolute atomic E-state index is 0.436. The lowest BCUT2D eigenvalue weighted by atomic mass is 10.1. The molecule has 5 nitrogen and oxygen atoms in total. The first kappa shape index (κ1) is 15.0. The smallest absolute Gasteiger partial charge is 0.252 e. The topological polar surface area (TPSA) is 94.0 Å². The highest BCUT2D eigenvalue weighted by molar-refractivity contribution is 5.99. The molecule has 0 spiro atoms. The van der Waals surface area contributed by atoms with Crippen molar-refractivity contribution in [2.24, 2.45) is 11.5 Å². The third-order valence-corrected chi connectivity index (χ3v) is 3.38. The molecule has 2 rings (SSSR count). The van der Waals surface area contributed by atoms with Crippen LogP contribution in [0.4, 0.5) is 5.82 Å². The lowest BCUT2D eigenvalue weighted by molar-refractivity contribution is 0.1000. The Hall–Kier alpha value is -2.40. The van der Waals surface area contributed by atoms with Gasteiger partial charge >= 0.3 is 0 Å². The van der Waals surface area contributed by atoms with Crippen molar-refractivity contribution in [1.29, 1.82) is 0 Å². The fourth-order valence-corrected chi connectivity index (χ4v) is 2.38. The number of anilines is 1. The number of primary amides is 1. The summed E-state index contributed by atoms with van der Waals surface area (Å²) in [5.41, 5.74) is 15.4. The zero-order chi connectivity index (χ0) is 15.4. The SMILES string of the molecule is Cc1cc(C)c(C(N)=O)c(NCc2ccccc2CN)n1. The highest BCUT2D eigenvalue weighted by atomic mass is 16.1. The van der Waals surface area contributed by atoms with E-state index in [0.29, 0.717) is 24.5 Å². The van der Waals surface area contributed by atoms with Gasteiger partial charge in [-0.15, -0.1) is 0 Å². The number of nitrogens with zero attached hydrogens (tertiary/aromatic N) is 1. The summed E-state index contributed by atoms with van der Waals surface area (Å²) in [4.78, 5) is 16.0. The van der Waals surface area contributed by atoms with Gasteiger partial charge in [-0.05, 0) is 36.6 Å². The van der Waals surface area contributed by atoms with Crippen molar-refractivity contribution < 1.29 is 4.79 Å². The molecule has 5 N–H and O–H groups in total. The maximum atomic E-state index is 11.6. The number of hydrogen-bond donors (Lipinski definition) is 3. The summed E-state index contributed by atoms with van der Waals surface area (Å²) in [6, 6.07) is 9.75. The van der Waals surface area contributed by atoms with Crippen molar-refractivity contribution in [1.82, 2.24) is 4.98 Å². The van der Waals surface area contributed by atoms with Crippen LogP contribution in [0.5, 0.6) is 0 Å². The number of amides is 1. The number of carbonyl (C=O) groups excluding carboxylic acids is 1. The fourth-order valence-electron chi connectivity index (χ4n) is 2.38. The molecule has 1 aromatic heterocycles. The number of carbonyl (C=O) groups is 1. The van der Waals surface area contributed by atoms with E-state index >= 15 is 0 Å². The number of aryl methyl sites for hydroxylation is 2. The van der Waals surface area contributed by atoms with Gasteiger partial charge < -0.3 is 16.8 Å².